The molecule has 0 rings (SSSR count). The fourth-order valence-corrected chi connectivity index (χ4v) is 0.684. The second-order valence-corrected chi connectivity index (χ2v) is 2.08. The van der Waals surface area contributed by atoms with Crippen molar-refractivity contribution in [2.24, 2.45) is 0 Å². The van der Waals surface area contributed by atoms with Crippen LogP contribution in [-0.2, 0) is 4.74 Å². The van der Waals surface area contributed by atoms with Gasteiger partial charge >= 0.3 is 0 Å². The number of ether oxygens (including phenoxy) is 1. The van der Waals surface area contributed by atoms with E-state index < -0.39 is 0 Å². The lowest BCUT2D eigenvalue weighted by atomic mass is 10.3. The Morgan fingerprint density at radius 3 is 2.56 bits per heavy atom. The van der Waals surface area contributed by atoms with Gasteiger partial charge in [-0.2, -0.15) is 0 Å². The molecule has 0 aromatic heterocycles. The van der Waals surface area contributed by atoms with E-state index in [1.807, 2.05) is 11.1 Å². The number of halogens is 1. The fraction of sp³-hybridized carbons (Fsp3) is 0.429. The quantitative estimate of drug-likeness (QED) is 0.490. The van der Waals surface area contributed by atoms with Gasteiger partial charge in [0.2, 0.25) is 0 Å². The zero-order valence-electron chi connectivity index (χ0n) is 5.51. The molecule has 0 saturated heterocycles. The number of hydrogen-bond acceptors (Lipinski definition) is 1. The van der Waals surface area contributed by atoms with Gasteiger partial charge in [-0.25, -0.2) is 0 Å². The van der Waals surface area contributed by atoms with E-state index in [0.717, 1.165) is 12.8 Å². The summed E-state index contributed by atoms with van der Waals surface area (Å²) < 4.78 is 4.71. The molecule has 0 radical (unpaired) electrons. The molecule has 0 saturated carbocycles. The average molecular weight is 191 g/mol. The van der Waals surface area contributed by atoms with Crippen molar-refractivity contribution < 1.29 is 4.74 Å². The lowest BCUT2D eigenvalue weighted by Gasteiger charge is -1.85. The third kappa shape index (κ3) is 7.76. The highest BCUT2D eigenvalue weighted by Crippen LogP contribution is 1.94. The Morgan fingerprint density at radius 2 is 2.00 bits per heavy atom. The monoisotopic (exact) mass is 190 g/mol. The van der Waals surface area contributed by atoms with Crippen LogP contribution in [0.1, 0.15) is 12.8 Å². The first-order valence-electron chi connectivity index (χ1n) is 2.85. The maximum absolute atomic E-state index is 4.71. The summed E-state index contributed by atoms with van der Waals surface area (Å²) in [5.41, 5.74) is 0. The molecular formula is C7H11BrO. The fourth-order valence-electron chi connectivity index (χ4n) is 0.420. The molecule has 0 aromatic carbocycles. The number of unbranched alkanes of at least 4 members (excludes halogenated alkanes) is 1. The van der Waals surface area contributed by atoms with Gasteiger partial charge in [-0.05, 0) is 23.9 Å². The van der Waals surface area contributed by atoms with Crippen molar-refractivity contribution in [3.63, 3.8) is 0 Å². The van der Waals surface area contributed by atoms with Gasteiger partial charge in [0.1, 0.15) is 0 Å². The first-order chi connectivity index (χ1) is 4.41. The number of rotatable bonds is 4. The lowest BCUT2D eigenvalue weighted by molar-refractivity contribution is 0.336. The Hall–Kier alpha value is -0.240. The summed E-state index contributed by atoms with van der Waals surface area (Å²) in [5.74, 6) is 0. The van der Waals surface area contributed by atoms with Crippen molar-refractivity contribution in [1.82, 2.24) is 0 Å². The molecule has 1 nitrogen and oxygen atoms in total. The second kappa shape index (κ2) is 7.76. The van der Waals surface area contributed by atoms with Gasteiger partial charge in [-0.1, -0.05) is 22.0 Å². The molecule has 0 heterocycles. The highest BCUT2D eigenvalue weighted by molar-refractivity contribution is 9.11. The van der Waals surface area contributed by atoms with Gasteiger partial charge in [0.05, 0.1) is 13.4 Å². The van der Waals surface area contributed by atoms with Gasteiger partial charge in [-0.15, -0.1) is 0 Å². The summed E-state index contributed by atoms with van der Waals surface area (Å²) in [7, 11) is 1.65. The summed E-state index contributed by atoms with van der Waals surface area (Å²) in [6, 6.07) is 0. The molecule has 2 heteroatoms. The topological polar surface area (TPSA) is 9.23 Å². The maximum Gasteiger partial charge on any atom is 0.0784 e. The molecule has 0 amide bonds. The van der Waals surface area contributed by atoms with Crippen molar-refractivity contribution in [2.45, 2.75) is 12.8 Å². The van der Waals surface area contributed by atoms with Crippen LogP contribution >= 0.6 is 15.9 Å². The first kappa shape index (κ1) is 8.76. The minimum Gasteiger partial charge on any atom is -0.505 e. The standard InChI is InChI=1S/C7H11BrO/c1-9-7-5-3-2-4-6-8/h4-7H,2-3H2,1H3/b6-4+,7-5+. The zero-order chi connectivity index (χ0) is 6.95. The Kier molecular flexibility index (Phi) is 7.55. The molecule has 9 heavy (non-hydrogen) atoms. The Labute approximate surface area is 64.5 Å². The predicted octanol–water partition coefficient (Wildman–Crippen LogP) is 2.84. The molecule has 0 aliphatic carbocycles. The summed E-state index contributed by atoms with van der Waals surface area (Å²) in [6.07, 6.45) is 7.84. The highest BCUT2D eigenvalue weighted by Gasteiger charge is 1.73. The van der Waals surface area contributed by atoms with Gasteiger partial charge in [0.25, 0.3) is 0 Å². The smallest absolute Gasteiger partial charge is 0.0784 e. The Bertz CT molecular complexity index is 97.1. The predicted molar refractivity (Wildman–Crippen MR) is 43.5 cm³/mol. The van der Waals surface area contributed by atoms with E-state index in [1.165, 1.54) is 0 Å². The molecule has 0 bridgehead atoms. The molecular weight excluding hydrogens is 180 g/mol. The van der Waals surface area contributed by atoms with Gasteiger partial charge in [0, 0.05) is 0 Å². The van der Waals surface area contributed by atoms with E-state index >= 15 is 0 Å². The number of hydrogen-bond donors (Lipinski definition) is 0. The molecule has 0 aromatic rings. The lowest BCUT2D eigenvalue weighted by Crippen LogP contribution is -1.66. The van der Waals surface area contributed by atoms with Crippen LogP contribution < -0.4 is 0 Å². The van der Waals surface area contributed by atoms with Gasteiger partial charge in [0.15, 0.2) is 0 Å². The van der Waals surface area contributed by atoms with Crippen LogP contribution in [0.15, 0.2) is 23.4 Å². The van der Waals surface area contributed by atoms with Crippen LogP contribution in [0.2, 0.25) is 0 Å². The summed E-state index contributed by atoms with van der Waals surface area (Å²) >= 11 is 3.18. The van der Waals surface area contributed by atoms with E-state index in [4.69, 9.17) is 4.74 Å². The van der Waals surface area contributed by atoms with E-state index in [0.29, 0.717) is 0 Å². The second-order valence-electron chi connectivity index (χ2n) is 1.55. The zero-order valence-corrected chi connectivity index (χ0v) is 7.10. The molecule has 0 spiro atoms. The Balaban J connectivity index is 2.99. The molecule has 0 unspecified atom stereocenters. The normalized spacial score (nSPS) is 11.3. The van der Waals surface area contributed by atoms with Crippen LogP contribution in [-0.4, -0.2) is 7.11 Å². The minimum atomic E-state index is 1.04. The van der Waals surface area contributed by atoms with Crippen LogP contribution in [0, 0.1) is 0 Å². The van der Waals surface area contributed by atoms with Crippen molar-refractivity contribution >= 4 is 15.9 Å². The Morgan fingerprint density at radius 1 is 1.33 bits per heavy atom. The SMILES string of the molecule is CO/C=C/CC/C=C/Br. The third-order valence-electron chi connectivity index (χ3n) is 0.821. The van der Waals surface area contributed by atoms with Crippen LogP contribution in [0.3, 0.4) is 0 Å². The average Bonchev–Trinajstić information content (AvgIpc) is 1.89. The largest absolute Gasteiger partial charge is 0.505 e. The van der Waals surface area contributed by atoms with E-state index in [1.54, 1.807) is 13.4 Å². The molecule has 0 N–H and O–H groups in total. The molecule has 0 aliphatic rings. The van der Waals surface area contributed by atoms with Crippen molar-refractivity contribution in [1.29, 1.82) is 0 Å². The van der Waals surface area contributed by atoms with Crippen molar-refractivity contribution in [3.05, 3.63) is 23.4 Å². The summed E-state index contributed by atoms with van der Waals surface area (Å²) in [4.78, 5) is 1.87. The minimum absolute atomic E-state index is 1.04. The molecule has 0 aliphatic heterocycles. The van der Waals surface area contributed by atoms with E-state index in [2.05, 4.69) is 22.0 Å². The third-order valence-corrected chi connectivity index (χ3v) is 1.20. The summed E-state index contributed by atoms with van der Waals surface area (Å²) in [6.45, 7) is 0. The molecule has 52 valence electrons. The summed E-state index contributed by atoms with van der Waals surface area (Å²) in [5, 5.41) is 0. The number of methoxy groups -OCH3 is 1. The van der Waals surface area contributed by atoms with Crippen LogP contribution in [0.5, 0.6) is 0 Å². The van der Waals surface area contributed by atoms with E-state index in [9.17, 15) is 0 Å². The van der Waals surface area contributed by atoms with Crippen molar-refractivity contribution in [2.75, 3.05) is 7.11 Å². The van der Waals surface area contributed by atoms with E-state index in [-0.39, 0.29) is 0 Å². The molecule has 0 fully saturated rings. The first-order valence-corrected chi connectivity index (χ1v) is 3.76. The van der Waals surface area contributed by atoms with Gasteiger partial charge in [-0.3, -0.25) is 0 Å². The number of allylic oxidation sites excluding steroid dienone is 2. The highest BCUT2D eigenvalue weighted by atomic mass is 79.9. The van der Waals surface area contributed by atoms with Crippen LogP contribution in [0.25, 0.3) is 0 Å². The molecule has 0 atom stereocenters. The maximum atomic E-state index is 4.71. The van der Waals surface area contributed by atoms with Crippen LogP contribution in [0.4, 0.5) is 0 Å². The van der Waals surface area contributed by atoms with Gasteiger partial charge < -0.3 is 4.74 Å². The van der Waals surface area contributed by atoms with Crippen molar-refractivity contribution in [3.8, 4) is 0 Å².